The Morgan fingerprint density at radius 2 is 1.80 bits per heavy atom. The van der Waals surface area contributed by atoms with Crippen molar-refractivity contribution >= 4 is 5.91 Å². The van der Waals surface area contributed by atoms with Crippen molar-refractivity contribution in [1.82, 2.24) is 34.8 Å². The van der Waals surface area contributed by atoms with E-state index in [9.17, 15) is 9.59 Å². The first kappa shape index (κ1) is 27.6. The summed E-state index contributed by atoms with van der Waals surface area (Å²) in [6.45, 7) is 5.05. The van der Waals surface area contributed by atoms with Crippen LogP contribution in [-0.2, 0) is 11.3 Å². The van der Waals surface area contributed by atoms with Crippen molar-refractivity contribution in [2.24, 2.45) is 0 Å². The molecule has 0 bridgehead atoms. The summed E-state index contributed by atoms with van der Waals surface area (Å²) in [6, 6.07) is 18.9. The number of benzene rings is 2. The molecule has 222 valence electrons. The van der Waals surface area contributed by atoms with Gasteiger partial charge in [-0.15, -0.1) is 0 Å². The fourth-order valence-corrected chi connectivity index (χ4v) is 5.38. The largest absolute Gasteiger partial charge is 0.457 e. The van der Waals surface area contributed by atoms with Gasteiger partial charge in [-0.1, -0.05) is 25.1 Å². The van der Waals surface area contributed by atoms with Crippen LogP contribution in [0, 0.1) is 0 Å². The van der Waals surface area contributed by atoms with E-state index in [-0.39, 0.29) is 23.9 Å². The Morgan fingerprint density at radius 3 is 2.52 bits per heavy atom. The lowest BCUT2D eigenvalue weighted by Gasteiger charge is -2.14. The second-order valence-electron chi connectivity index (χ2n) is 11.6. The van der Waals surface area contributed by atoms with Gasteiger partial charge in [0.2, 0.25) is 5.91 Å². The summed E-state index contributed by atoms with van der Waals surface area (Å²) in [5.41, 5.74) is 3.90. The molecule has 0 unspecified atom stereocenters. The monoisotopic (exact) mass is 589 g/mol. The average molecular weight is 590 g/mol. The minimum atomic E-state index is -0.170. The maximum Gasteiger partial charge on any atom is 0.258 e. The van der Waals surface area contributed by atoms with Crippen molar-refractivity contribution in [2.75, 3.05) is 6.54 Å². The molecule has 4 heterocycles. The lowest BCUT2D eigenvalue weighted by molar-refractivity contribution is -0.128. The number of nitrogens with zero attached hydrogens (tertiary/aromatic N) is 7. The van der Waals surface area contributed by atoms with Crippen LogP contribution in [-0.4, -0.2) is 53.3 Å². The van der Waals surface area contributed by atoms with Gasteiger partial charge in [0.15, 0.2) is 5.82 Å². The minimum absolute atomic E-state index is 0.0853. The van der Waals surface area contributed by atoms with Crippen LogP contribution in [0.5, 0.6) is 11.5 Å². The second kappa shape index (κ2) is 11.5. The predicted molar refractivity (Wildman–Crippen MR) is 161 cm³/mol. The van der Waals surface area contributed by atoms with E-state index in [0.29, 0.717) is 53.7 Å². The Morgan fingerprint density at radius 1 is 0.977 bits per heavy atom. The molecule has 1 atom stereocenters. The molecule has 7 rings (SSSR count). The van der Waals surface area contributed by atoms with Crippen LogP contribution in [0.15, 0.2) is 82.5 Å². The molecule has 5 aromatic rings. The van der Waals surface area contributed by atoms with Gasteiger partial charge in [-0.05, 0) is 67.3 Å². The second-order valence-corrected chi connectivity index (χ2v) is 11.6. The third kappa shape index (κ3) is 5.72. The highest BCUT2D eigenvalue weighted by Gasteiger charge is 2.41. The van der Waals surface area contributed by atoms with Gasteiger partial charge in [0.05, 0.1) is 24.3 Å². The van der Waals surface area contributed by atoms with Crippen molar-refractivity contribution in [1.29, 1.82) is 0 Å². The molecule has 1 amide bonds. The van der Waals surface area contributed by atoms with Crippen molar-refractivity contribution in [3.63, 3.8) is 0 Å². The molecular weight excluding hydrogens is 558 g/mol. The number of carbonyl (C=O) groups excluding carboxylic acids is 1. The van der Waals surface area contributed by atoms with E-state index in [1.54, 1.807) is 0 Å². The Kier molecular flexibility index (Phi) is 7.21. The van der Waals surface area contributed by atoms with Gasteiger partial charge in [-0.3, -0.25) is 14.2 Å². The molecule has 0 N–H and O–H groups in total. The van der Waals surface area contributed by atoms with E-state index in [1.165, 1.54) is 23.2 Å². The maximum atomic E-state index is 12.5. The van der Waals surface area contributed by atoms with E-state index in [1.807, 2.05) is 59.5 Å². The van der Waals surface area contributed by atoms with Crippen LogP contribution in [0.1, 0.15) is 62.0 Å². The van der Waals surface area contributed by atoms with Gasteiger partial charge in [0.25, 0.3) is 11.4 Å². The van der Waals surface area contributed by atoms with E-state index < -0.39 is 0 Å². The van der Waals surface area contributed by atoms with Crippen molar-refractivity contribution in [2.45, 2.75) is 57.5 Å². The Hall–Kier alpha value is -5.19. The molecule has 1 aliphatic carbocycles. The van der Waals surface area contributed by atoms with E-state index in [2.05, 4.69) is 39.2 Å². The zero-order valence-electron chi connectivity index (χ0n) is 24.5. The molecule has 2 aromatic carbocycles. The smallest absolute Gasteiger partial charge is 0.258 e. The zero-order valence-corrected chi connectivity index (χ0v) is 24.5. The minimum Gasteiger partial charge on any atom is -0.457 e. The molecule has 11 heteroatoms. The maximum absolute atomic E-state index is 12.5. The van der Waals surface area contributed by atoms with Crippen molar-refractivity contribution in [3.8, 4) is 34.2 Å². The van der Waals surface area contributed by atoms with Crippen LogP contribution in [0.25, 0.3) is 22.7 Å². The summed E-state index contributed by atoms with van der Waals surface area (Å²) < 4.78 is 13.5. The van der Waals surface area contributed by atoms with Crippen LogP contribution < -0.4 is 10.3 Å². The van der Waals surface area contributed by atoms with Crippen LogP contribution in [0.2, 0.25) is 0 Å². The number of hydrogen-bond acceptors (Lipinski definition) is 9. The van der Waals surface area contributed by atoms with Crippen LogP contribution >= 0.6 is 0 Å². The van der Waals surface area contributed by atoms with Gasteiger partial charge in [0.1, 0.15) is 11.5 Å². The summed E-state index contributed by atoms with van der Waals surface area (Å²) in [5.74, 6) is 2.38. The van der Waals surface area contributed by atoms with Crippen molar-refractivity contribution < 1.29 is 14.1 Å². The Labute approximate surface area is 253 Å². The molecule has 2 aliphatic rings. The summed E-state index contributed by atoms with van der Waals surface area (Å²) in [6.07, 6.45) is 5.50. The lowest BCUT2D eigenvalue weighted by atomic mass is 10.1. The van der Waals surface area contributed by atoms with Gasteiger partial charge < -0.3 is 14.2 Å². The molecule has 3 aromatic heterocycles. The highest BCUT2D eigenvalue weighted by atomic mass is 16.5. The van der Waals surface area contributed by atoms with Crippen molar-refractivity contribution in [3.05, 3.63) is 101 Å². The number of carbonyl (C=O) groups is 1. The van der Waals surface area contributed by atoms with Gasteiger partial charge >= 0.3 is 0 Å². The fraction of sp³-hybridized carbons (Fsp3) is 0.303. The number of aromatic nitrogens is 6. The number of hydrogen-bond donors (Lipinski definition) is 0. The number of amides is 1. The fourth-order valence-electron chi connectivity index (χ4n) is 5.38. The average Bonchev–Trinajstić information content (AvgIpc) is 3.62. The molecule has 11 nitrogen and oxygen atoms in total. The first-order valence-electron chi connectivity index (χ1n) is 14.8. The molecule has 1 saturated carbocycles. The first-order chi connectivity index (χ1) is 21.4. The summed E-state index contributed by atoms with van der Waals surface area (Å²) in [4.78, 5) is 35.6. The van der Waals surface area contributed by atoms with E-state index in [4.69, 9.17) is 9.26 Å². The predicted octanol–water partition coefficient (Wildman–Crippen LogP) is 5.19. The first-order valence-corrected chi connectivity index (χ1v) is 14.8. The van der Waals surface area contributed by atoms with Gasteiger partial charge in [-0.25, -0.2) is 4.98 Å². The highest BCUT2D eigenvalue weighted by Crippen LogP contribution is 2.37. The summed E-state index contributed by atoms with van der Waals surface area (Å²) in [5, 5.41) is 12.9. The molecular formula is C33H31N7O4. The van der Waals surface area contributed by atoms with Crippen LogP contribution in [0.4, 0.5) is 0 Å². The van der Waals surface area contributed by atoms with E-state index in [0.717, 1.165) is 35.4 Å². The topological polar surface area (TPSA) is 129 Å². The van der Waals surface area contributed by atoms with Crippen LogP contribution in [0.3, 0.4) is 0 Å². The van der Waals surface area contributed by atoms with Gasteiger partial charge in [0, 0.05) is 53.9 Å². The molecule has 0 spiro atoms. The lowest BCUT2D eigenvalue weighted by Crippen LogP contribution is -2.27. The standard InChI is InChI=1S/C33H31N7O4/c1-20(2)27-11-12-28(37-36-27)21-5-9-26(10-6-21)43-29-15-22(3-4-23(29)17-39-19-34-14-13-30(39)41)33-35-32(38-44-33)24-16-31(42)40(18-24)25-7-8-25/h3-6,9-15,19-20,24-25H,7-8,16-18H2,1-2H3/t24-/m0/s1. The van der Waals surface area contributed by atoms with E-state index >= 15 is 0 Å². The molecule has 2 fully saturated rings. The summed E-state index contributed by atoms with van der Waals surface area (Å²) >= 11 is 0. The molecule has 1 saturated heterocycles. The SMILES string of the molecule is CC(C)c1ccc(-c2ccc(Oc3cc(-c4nc([C@H]5CC(=O)N(C6CC6)C5)no4)ccc3Cn3cnccc3=O)cc2)nn1. The van der Waals surface area contributed by atoms with Gasteiger partial charge in [-0.2, -0.15) is 15.2 Å². The number of likely N-dealkylation sites (tertiary alicyclic amines) is 1. The third-order valence-electron chi connectivity index (χ3n) is 8.05. The molecule has 0 radical (unpaired) electrons. The quantitative estimate of drug-likeness (QED) is 0.228. The highest BCUT2D eigenvalue weighted by molar-refractivity contribution is 5.80. The Balaban J connectivity index is 1.16. The molecule has 1 aliphatic heterocycles. The number of ether oxygens (including phenoxy) is 1. The molecule has 44 heavy (non-hydrogen) atoms. The third-order valence-corrected chi connectivity index (χ3v) is 8.05. The zero-order chi connectivity index (χ0) is 30.2. The number of rotatable bonds is 9. The normalized spacial score (nSPS) is 16.6. The summed E-state index contributed by atoms with van der Waals surface area (Å²) in [7, 11) is 0. The Bertz CT molecular complexity index is 1860.